The Kier molecular flexibility index (Phi) is 5.31. The van der Waals surface area contributed by atoms with Crippen molar-refractivity contribution in [3.05, 3.63) is 83.5 Å². The van der Waals surface area contributed by atoms with Crippen molar-refractivity contribution in [1.82, 2.24) is 4.98 Å². The average molecular weight is 352 g/mol. The van der Waals surface area contributed by atoms with Gasteiger partial charge in [0.1, 0.15) is 5.82 Å². The summed E-state index contributed by atoms with van der Waals surface area (Å²) in [6, 6.07) is 20.6. The molecule has 1 aromatic heterocycles. The summed E-state index contributed by atoms with van der Waals surface area (Å²) in [6.07, 6.45) is 1.64. The number of para-hydroxylation sites is 2. The van der Waals surface area contributed by atoms with E-state index >= 15 is 0 Å². The minimum absolute atomic E-state index is 0.221. The number of hydrogen-bond acceptors (Lipinski definition) is 3. The number of nitrogens with one attached hydrogen (secondary N) is 1. The van der Waals surface area contributed by atoms with Crippen molar-refractivity contribution < 1.29 is 4.79 Å². The van der Waals surface area contributed by atoms with Crippen molar-refractivity contribution in [2.24, 2.45) is 0 Å². The molecule has 5 heteroatoms. The molecule has 0 fully saturated rings. The third kappa shape index (κ3) is 3.98. The van der Waals surface area contributed by atoms with Gasteiger partial charge in [-0.2, -0.15) is 0 Å². The second kappa shape index (κ2) is 7.81. The van der Waals surface area contributed by atoms with Crippen LogP contribution in [0.1, 0.15) is 17.3 Å². The van der Waals surface area contributed by atoms with Crippen molar-refractivity contribution in [2.45, 2.75) is 6.92 Å². The van der Waals surface area contributed by atoms with E-state index in [2.05, 4.69) is 10.3 Å². The molecule has 0 aliphatic heterocycles. The Bertz CT molecular complexity index is 868. The Morgan fingerprint density at radius 1 is 1.08 bits per heavy atom. The molecule has 0 aliphatic carbocycles. The van der Waals surface area contributed by atoms with Gasteiger partial charge in [0.25, 0.3) is 5.91 Å². The van der Waals surface area contributed by atoms with E-state index < -0.39 is 0 Å². The molecule has 0 radical (unpaired) electrons. The first-order chi connectivity index (χ1) is 12.2. The van der Waals surface area contributed by atoms with E-state index in [-0.39, 0.29) is 5.91 Å². The minimum Gasteiger partial charge on any atom is -0.327 e. The molecule has 0 saturated carbocycles. The Balaban J connectivity index is 1.86. The van der Waals surface area contributed by atoms with Crippen molar-refractivity contribution in [3.8, 4) is 0 Å². The highest BCUT2D eigenvalue weighted by atomic mass is 35.5. The molecule has 2 aromatic carbocycles. The molecule has 1 amide bonds. The zero-order chi connectivity index (χ0) is 17.6. The van der Waals surface area contributed by atoms with Crippen LogP contribution in [0.5, 0.6) is 0 Å². The first-order valence-corrected chi connectivity index (χ1v) is 8.41. The highest BCUT2D eigenvalue weighted by molar-refractivity contribution is 6.33. The van der Waals surface area contributed by atoms with Crippen molar-refractivity contribution in [2.75, 3.05) is 16.8 Å². The number of halogens is 1. The van der Waals surface area contributed by atoms with Gasteiger partial charge in [0.15, 0.2) is 0 Å². The van der Waals surface area contributed by atoms with E-state index in [1.165, 1.54) is 0 Å². The number of carbonyl (C=O) groups is 1. The van der Waals surface area contributed by atoms with Gasteiger partial charge < -0.3 is 10.2 Å². The van der Waals surface area contributed by atoms with Crippen LogP contribution in [0.25, 0.3) is 0 Å². The summed E-state index contributed by atoms with van der Waals surface area (Å²) in [6.45, 7) is 2.79. The summed E-state index contributed by atoms with van der Waals surface area (Å²) >= 11 is 6.10. The minimum atomic E-state index is -0.221. The molecule has 3 aromatic rings. The summed E-state index contributed by atoms with van der Waals surface area (Å²) in [4.78, 5) is 19.0. The summed E-state index contributed by atoms with van der Waals surface area (Å²) in [7, 11) is 0. The number of amides is 1. The van der Waals surface area contributed by atoms with Gasteiger partial charge in [-0.3, -0.25) is 4.79 Å². The molecule has 1 N–H and O–H groups in total. The number of pyridine rings is 1. The van der Waals surface area contributed by atoms with E-state index in [1.54, 1.807) is 30.5 Å². The maximum absolute atomic E-state index is 12.5. The molecule has 0 unspecified atom stereocenters. The molecular weight excluding hydrogens is 334 g/mol. The summed E-state index contributed by atoms with van der Waals surface area (Å²) in [5.41, 5.74) is 2.14. The Labute approximate surface area is 152 Å². The molecule has 0 bridgehead atoms. The smallest absolute Gasteiger partial charge is 0.255 e. The van der Waals surface area contributed by atoms with Crippen LogP contribution < -0.4 is 10.2 Å². The predicted octanol–water partition coefficient (Wildman–Crippen LogP) is 5.15. The monoisotopic (exact) mass is 351 g/mol. The number of aromatic nitrogens is 1. The maximum Gasteiger partial charge on any atom is 0.255 e. The number of hydrogen-bond donors (Lipinski definition) is 1. The summed E-state index contributed by atoms with van der Waals surface area (Å²) in [5, 5.41) is 3.34. The van der Waals surface area contributed by atoms with Crippen LogP contribution >= 0.6 is 11.6 Å². The lowest BCUT2D eigenvalue weighted by molar-refractivity contribution is 0.102. The van der Waals surface area contributed by atoms with Gasteiger partial charge in [-0.05, 0) is 43.3 Å². The average Bonchev–Trinajstić information content (AvgIpc) is 2.65. The van der Waals surface area contributed by atoms with Gasteiger partial charge in [-0.1, -0.05) is 41.9 Å². The number of nitrogens with zero attached hydrogens (tertiary/aromatic N) is 2. The number of rotatable bonds is 5. The second-order valence-electron chi connectivity index (χ2n) is 5.42. The van der Waals surface area contributed by atoms with E-state index in [0.29, 0.717) is 16.3 Å². The Morgan fingerprint density at radius 2 is 1.80 bits per heavy atom. The van der Waals surface area contributed by atoms with Crippen LogP contribution in [0.4, 0.5) is 17.2 Å². The second-order valence-corrected chi connectivity index (χ2v) is 5.82. The Hall–Kier alpha value is -2.85. The zero-order valence-electron chi connectivity index (χ0n) is 13.8. The molecule has 0 spiro atoms. The maximum atomic E-state index is 12.5. The third-order valence-corrected chi connectivity index (χ3v) is 4.12. The van der Waals surface area contributed by atoms with E-state index in [1.807, 2.05) is 54.3 Å². The van der Waals surface area contributed by atoms with E-state index in [9.17, 15) is 4.79 Å². The largest absolute Gasteiger partial charge is 0.327 e. The van der Waals surface area contributed by atoms with Crippen molar-refractivity contribution in [3.63, 3.8) is 0 Å². The fourth-order valence-electron chi connectivity index (χ4n) is 2.55. The highest BCUT2D eigenvalue weighted by Gasteiger charge is 2.13. The molecule has 126 valence electrons. The van der Waals surface area contributed by atoms with Crippen LogP contribution in [0.3, 0.4) is 0 Å². The predicted molar refractivity (Wildman–Crippen MR) is 103 cm³/mol. The summed E-state index contributed by atoms with van der Waals surface area (Å²) < 4.78 is 0. The van der Waals surface area contributed by atoms with Crippen molar-refractivity contribution in [1.29, 1.82) is 0 Å². The fraction of sp³-hybridized carbons (Fsp3) is 0.100. The quantitative estimate of drug-likeness (QED) is 0.691. The molecule has 3 rings (SSSR count). The van der Waals surface area contributed by atoms with Gasteiger partial charge in [0, 0.05) is 24.0 Å². The van der Waals surface area contributed by atoms with Crippen LogP contribution in [0.15, 0.2) is 72.9 Å². The normalized spacial score (nSPS) is 10.3. The highest BCUT2D eigenvalue weighted by Crippen LogP contribution is 2.25. The first-order valence-electron chi connectivity index (χ1n) is 8.03. The van der Waals surface area contributed by atoms with E-state index in [4.69, 9.17) is 11.6 Å². The third-order valence-electron chi connectivity index (χ3n) is 3.79. The molecular formula is C20H18ClN3O. The fourth-order valence-corrected chi connectivity index (χ4v) is 2.73. The van der Waals surface area contributed by atoms with Crippen LogP contribution in [-0.2, 0) is 0 Å². The first kappa shape index (κ1) is 17.0. The lowest BCUT2D eigenvalue weighted by Crippen LogP contribution is -2.19. The van der Waals surface area contributed by atoms with Crippen LogP contribution in [-0.4, -0.2) is 17.4 Å². The molecule has 0 aliphatic rings. The number of anilines is 3. The van der Waals surface area contributed by atoms with Gasteiger partial charge >= 0.3 is 0 Å². The molecule has 0 saturated heterocycles. The van der Waals surface area contributed by atoms with E-state index in [0.717, 1.165) is 18.1 Å². The topological polar surface area (TPSA) is 45.2 Å². The molecule has 1 heterocycles. The zero-order valence-corrected chi connectivity index (χ0v) is 14.6. The Morgan fingerprint density at radius 3 is 2.52 bits per heavy atom. The van der Waals surface area contributed by atoms with Crippen molar-refractivity contribution >= 4 is 34.7 Å². The van der Waals surface area contributed by atoms with Gasteiger partial charge in [0.05, 0.1) is 10.7 Å². The molecule has 25 heavy (non-hydrogen) atoms. The SMILES string of the molecule is CCN(c1ccccc1)c1cc(C(=O)Nc2ccccc2Cl)ccn1. The standard InChI is InChI=1S/C20H18ClN3O/c1-2-24(16-8-4-3-5-9-16)19-14-15(12-13-22-19)20(25)23-18-11-7-6-10-17(18)21/h3-14H,2H2,1H3,(H,23,25). The van der Waals surface area contributed by atoms with Crippen LogP contribution in [0.2, 0.25) is 5.02 Å². The lowest BCUT2D eigenvalue weighted by atomic mass is 10.2. The number of benzene rings is 2. The van der Waals surface area contributed by atoms with Gasteiger partial charge in [-0.15, -0.1) is 0 Å². The lowest BCUT2D eigenvalue weighted by Gasteiger charge is -2.22. The molecule has 4 nitrogen and oxygen atoms in total. The van der Waals surface area contributed by atoms with Crippen LogP contribution in [0, 0.1) is 0 Å². The van der Waals surface area contributed by atoms with Gasteiger partial charge in [-0.25, -0.2) is 4.98 Å². The van der Waals surface area contributed by atoms with Gasteiger partial charge in [0.2, 0.25) is 0 Å². The number of carbonyl (C=O) groups excluding carboxylic acids is 1. The summed E-state index contributed by atoms with van der Waals surface area (Å²) in [5.74, 6) is 0.501. The molecule has 0 atom stereocenters.